The van der Waals surface area contributed by atoms with E-state index < -0.39 is 26.7 Å². The maximum atomic E-state index is 15.1. The molecule has 0 saturated heterocycles. The molecule has 0 amide bonds. The molecule has 0 saturated carbocycles. The fourth-order valence-electron chi connectivity index (χ4n) is 4.37. The molecule has 0 fully saturated rings. The van der Waals surface area contributed by atoms with Crippen LogP contribution >= 0.6 is 0 Å². The molecule has 1 aliphatic rings. The quantitative estimate of drug-likeness (QED) is 0.385. The van der Waals surface area contributed by atoms with E-state index in [-0.39, 0.29) is 11.9 Å². The molecule has 5 rings (SSSR count). The van der Waals surface area contributed by atoms with Crippen LogP contribution in [0.1, 0.15) is 30.5 Å². The number of hydrogen-bond acceptors (Lipinski definition) is 5. The van der Waals surface area contributed by atoms with Gasteiger partial charge in [-0.25, -0.2) is 17.8 Å². The Hall–Kier alpha value is -3.63. The number of fused-ring (bicyclic) bond motifs is 1. The molecule has 0 spiro atoms. The fraction of sp³-hybridized carbons (Fsp3) is 0.200. The third kappa shape index (κ3) is 4.54. The number of halogens is 2. The molecule has 180 valence electrons. The van der Waals surface area contributed by atoms with Crippen LogP contribution in [0, 0.1) is 11.8 Å². The lowest BCUT2D eigenvalue weighted by atomic mass is 9.92. The van der Waals surface area contributed by atoms with Crippen LogP contribution in [0.5, 0.6) is 0 Å². The van der Waals surface area contributed by atoms with E-state index in [2.05, 4.69) is 32.3 Å². The molecular formula is C25H23F2N5O2S. The Morgan fingerprint density at radius 1 is 1.11 bits per heavy atom. The van der Waals surface area contributed by atoms with Crippen molar-refractivity contribution in [3.05, 3.63) is 89.8 Å². The Morgan fingerprint density at radius 3 is 2.71 bits per heavy atom. The number of aromatic nitrogens is 3. The summed E-state index contributed by atoms with van der Waals surface area (Å²) in [5.41, 5.74) is 3.88. The maximum Gasteiger partial charge on any atom is 0.265 e. The zero-order chi connectivity index (χ0) is 24.6. The number of anilines is 1. The first kappa shape index (κ1) is 23.1. The van der Waals surface area contributed by atoms with E-state index in [1.165, 1.54) is 36.0 Å². The lowest BCUT2D eigenvalue weighted by Crippen LogP contribution is -2.21. The van der Waals surface area contributed by atoms with Crippen molar-refractivity contribution in [2.24, 2.45) is 0 Å². The van der Waals surface area contributed by atoms with Crippen molar-refractivity contribution < 1.29 is 17.2 Å². The minimum atomic E-state index is -4.34. The van der Waals surface area contributed by atoms with Gasteiger partial charge in [-0.05, 0) is 54.8 Å². The highest BCUT2D eigenvalue weighted by molar-refractivity contribution is 7.92. The summed E-state index contributed by atoms with van der Waals surface area (Å²) in [6.07, 6.45) is 4.59. The Labute approximate surface area is 201 Å². The predicted octanol–water partition coefficient (Wildman–Crippen LogP) is 4.50. The minimum Gasteiger partial charge on any atom is -0.313 e. The van der Waals surface area contributed by atoms with E-state index >= 15 is 4.39 Å². The number of sulfonamides is 1. The topological polar surface area (TPSA) is 88.9 Å². The van der Waals surface area contributed by atoms with Gasteiger partial charge in [-0.15, -0.1) is 0 Å². The van der Waals surface area contributed by atoms with Crippen molar-refractivity contribution in [3.63, 3.8) is 0 Å². The van der Waals surface area contributed by atoms with Crippen LogP contribution in [0.25, 0.3) is 16.5 Å². The van der Waals surface area contributed by atoms with Gasteiger partial charge in [-0.3, -0.25) is 9.40 Å². The van der Waals surface area contributed by atoms with E-state index in [0.29, 0.717) is 10.9 Å². The number of hydrogen-bond donors (Lipinski definition) is 2. The second-order valence-corrected chi connectivity index (χ2v) is 9.98. The molecule has 0 radical (unpaired) electrons. The van der Waals surface area contributed by atoms with Gasteiger partial charge in [0, 0.05) is 18.0 Å². The van der Waals surface area contributed by atoms with Gasteiger partial charge in [-0.1, -0.05) is 36.4 Å². The van der Waals surface area contributed by atoms with Crippen molar-refractivity contribution in [2.75, 3.05) is 17.8 Å². The fourth-order valence-corrected chi connectivity index (χ4v) is 5.47. The molecule has 3 heterocycles. The van der Waals surface area contributed by atoms with Crippen molar-refractivity contribution in [1.29, 1.82) is 0 Å². The van der Waals surface area contributed by atoms with Gasteiger partial charge in [0.25, 0.3) is 10.0 Å². The molecule has 4 aromatic rings. The first-order valence-corrected chi connectivity index (χ1v) is 12.6. The summed E-state index contributed by atoms with van der Waals surface area (Å²) in [4.78, 5) is 2.91. The van der Waals surface area contributed by atoms with Crippen molar-refractivity contribution in [2.45, 2.75) is 24.3 Å². The number of benzene rings is 2. The Morgan fingerprint density at radius 2 is 1.94 bits per heavy atom. The Kier molecular flexibility index (Phi) is 6.08. The Balaban J connectivity index is 1.52. The first-order chi connectivity index (χ1) is 16.8. The predicted molar refractivity (Wildman–Crippen MR) is 130 cm³/mol. The monoisotopic (exact) mass is 495 g/mol. The Bertz CT molecular complexity index is 1550. The summed E-state index contributed by atoms with van der Waals surface area (Å²) < 4.78 is 57.9. The molecule has 0 aliphatic carbocycles. The molecule has 1 aliphatic heterocycles. The van der Waals surface area contributed by atoms with E-state index in [1.54, 1.807) is 4.68 Å². The molecule has 35 heavy (non-hydrogen) atoms. The highest BCUT2D eigenvalue weighted by Gasteiger charge is 2.24. The van der Waals surface area contributed by atoms with E-state index in [9.17, 15) is 12.8 Å². The maximum absolute atomic E-state index is 15.1. The second-order valence-electron chi connectivity index (χ2n) is 8.33. The van der Waals surface area contributed by atoms with Crippen LogP contribution in [-0.4, -0.2) is 36.3 Å². The lowest BCUT2D eigenvalue weighted by Gasteiger charge is -2.22. The molecule has 1 atom stereocenters. The number of rotatable bonds is 6. The molecule has 2 aromatic heterocycles. The molecule has 0 unspecified atom stereocenters. The van der Waals surface area contributed by atoms with Crippen LogP contribution in [0.2, 0.25) is 0 Å². The zero-order valence-corrected chi connectivity index (χ0v) is 19.7. The third-order valence-electron chi connectivity index (χ3n) is 6.08. The third-order valence-corrected chi connectivity index (χ3v) is 7.45. The summed E-state index contributed by atoms with van der Waals surface area (Å²) in [5.74, 6) is -2.03. The summed E-state index contributed by atoms with van der Waals surface area (Å²) in [5, 5.41) is 8.24. The normalized spacial score (nSPS) is 15.1. The van der Waals surface area contributed by atoms with Gasteiger partial charge >= 0.3 is 0 Å². The number of nitrogens with one attached hydrogen (secondary N) is 2. The van der Waals surface area contributed by atoms with Gasteiger partial charge in [0.15, 0.2) is 0 Å². The molecule has 7 nitrogen and oxygen atoms in total. The molecule has 0 bridgehead atoms. The zero-order valence-electron chi connectivity index (χ0n) is 18.9. The van der Waals surface area contributed by atoms with Gasteiger partial charge in [0.2, 0.25) is 5.95 Å². The summed E-state index contributed by atoms with van der Waals surface area (Å²) >= 11 is 0. The number of pyridine rings is 1. The number of nitrogens with zero attached hydrogens (tertiary/aromatic N) is 3. The van der Waals surface area contributed by atoms with Crippen molar-refractivity contribution in [1.82, 2.24) is 20.1 Å². The van der Waals surface area contributed by atoms with Gasteiger partial charge in [0.1, 0.15) is 16.5 Å². The minimum absolute atomic E-state index is 0.226. The van der Waals surface area contributed by atoms with Crippen LogP contribution in [0.15, 0.2) is 71.8 Å². The summed E-state index contributed by atoms with van der Waals surface area (Å²) in [7, 11) is -4.34. The smallest absolute Gasteiger partial charge is 0.265 e. The van der Waals surface area contributed by atoms with E-state index in [4.69, 9.17) is 0 Å². The largest absolute Gasteiger partial charge is 0.313 e. The summed E-state index contributed by atoms with van der Waals surface area (Å²) in [6, 6.07) is 13.9. The highest BCUT2D eigenvalue weighted by atomic mass is 32.2. The average Bonchev–Trinajstić information content (AvgIpc) is 3.26. The molecule has 2 N–H and O–H groups in total. The molecule has 10 heteroatoms. The lowest BCUT2D eigenvalue weighted by molar-refractivity contribution is 0.564. The molecule has 2 aromatic carbocycles. The summed E-state index contributed by atoms with van der Waals surface area (Å²) in [6.45, 7) is 3.69. The van der Waals surface area contributed by atoms with Gasteiger partial charge < -0.3 is 5.32 Å². The highest BCUT2D eigenvalue weighted by Crippen LogP contribution is 2.32. The van der Waals surface area contributed by atoms with Gasteiger partial charge in [-0.2, -0.15) is 9.49 Å². The van der Waals surface area contributed by atoms with E-state index in [1.807, 2.05) is 25.1 Å². The first-order valence-electron chi connectivity index (χ1n) is 11.1. The van der Waals surface area contributed by atoms with Gasteiger partial charge in [0.05, 0.1) is 17.8 Å². The van der Waals surface area contributed by atoms with Crippen molar-refractivity contribution >= 4 is 32.3 Å². The SMILES string of the molecule is C[C@H](c1ccccc1C1=CCNCC1)n1ncc2cc(S(=O)(=O)Nc3cccc(F)n3)c(F)cc21. The second kappa shape index (κ2) is 9.20. The van der Waals surface area contributed by atoms with E-state index in [0.717, 1.165) is 36.7 Å². The molecular weight excluding hydrogens is 472 g/mol. The van der Waals surface area contributed by atoms with Crippen molar-refractivity contribution in [3.8, 4) is 0 Å². The standard InChI is InChI=1S/C25H23F2N5O2S/c1-16(19-5-2-3-6-20(19)17-9-11-28-12-10-17)32-22-14-21(26)23(13-18(22)15-29-32)35(33,34)31-25-8-4-7-24(27)30-25/h2-9,13-16,28H,10-12H2,1H3,(H,30,31)/t16-/m1/s1. The van der Waals surface area contributed by atoms with Crippen LogP contribution < -0.4 is 10.0 Å². The van der Waals surface area contributed by atoms with Crippen LogP contribution in [-0.2, 0) is 10.0 Å². The van der Waals surface area contributed by atoms with Crippen LogP contribution in [0.4, 0.5) is 14.6 Å². The average molecular weight is 496 g/mol. The van der Waals surface area contributed by atoms with Crippen LogP contribution in [0.3, 0.4) is 0 Å².